The number of amides is 1. The van der Waals surface area contributed by atoms with Crippen molar-refractivity contribution in [3.63, 3.8) is 0 Å². The number of aromatic nitrogens is 1. The Morgan fingerprint density at radius 1 is 1.57 bits per heavy atom. The fraction of sp³-hybridized carbons (Fsp3) is 0.600. The fourth-order valence-electron chi connectivity index (χ4n) is 2.64. The van der Waals surface area contributed by atoms with Crippen LogP contribution in [0.3, 0.4) is 0 Å². The molecule has 0 saturated carbocycles. The quantitative estimate of drug-likeness (QED) is 0.822. The van der Waals surface area contributed by atoms with Crippen LogP contribution in [0.4, 0.5) is 5.82 Å². The zero-order valence-corrected chi connectivity index (χ0v) is 14.0. The number of anilines is 1. The second-order valence-electron chi connectivity index (χ2n) is 5.38. The highest BCUT2D eigenvalue weighted by atomic mass is 79.9. The summed E-state index contributed by atoms with van der Waals surface area (Å²) in [6.07, 6.45) is 5.09. The molecule has 1 saturated heterocycles. The second-order valence-corrected chi connectivity index (χ2v) is 6.30. The van der Waals surface area contributed by atoms with E-state index < -0.39 is 0 Å². The van der Waals surface area contributed by atoms with Gasteiger partial charge in [-0.2, -0.15) is 0 Å². The number of piperidine rings is 1. The van der Waals surface area contributed by atoms with Gasteiger partial charge in [-0.1, -0.05) is 6.92 Å². The standard InChI is InChI=1S/C15H23BrN4O/c1-2-8-20(13-4-3-7-17-10-13)11-15(21)19-14-6-5-12(16)9-18-14/h5-6,9,13,17H,2-4,7-8,10-11H2,1H3,(H,18,19,21). The molecule has 1 fully saturated rings. The van der Waals surface area contributed by atoms with Crippen molar-refractivity contribution in [2.24, 2.45) is 0 Å². The number of rotatable bonds is 6. The Kier molecular flexibility index (Phi) is 6.60. The van der Waals surface area contributed by atoms with Gasteiger partial charge in [0.1, 0.15) is 5.82 Å². The van der Waals surface area contributed by atoms with Crippen LogP contribution < -0.4 is 10.6 Å². The maximum Gasteiger partial charge on any atom is 0.239 e. The highest BCUT2D eigenvalue weighted by Gasteiger charge is 2.22. The van der Waals surface area contributed by atoms with Crippen molar-refractivity contribution >= 4 is 27.7 Å². The minimum Gasteiger partial charge on any atom is -0.315 e. The molecule has 21 heavy (non-hydrogen) atoms. The maximum atomic E-state index is 12.2. The minimum atomic E-state index is 0.00356. The molecule has 1 aromatic rings. The average molecular weight is 355 g/mol. The monoisotopic (exact) mass is 354 g/mol. The molecule has 0 radical (unpaired) electrons. The molecule has 5 nitrogen and oxygen atoms in total. The van der Waals surface area contributed by atoms with Crippen LogP contribution in [0.1, 0.15) is 26.2 Å². The van der Waals surface area contributed by atoms with Crippen molar-refractivity contribution in [3.05, 3.63) is 22.8 Å². The number of hydrogen-bond donors (Lipinski definition) is 2. The van der Waals surface area contributed by atoms with Crippen LogP contribution in [0.25, 0.3) is 0 Å². The largest absolute Gasteiger partial charge is 0.315 e. The summed E-state index contributed by atoms with van der Waals surface area (Å²) in [6.45, 7) is 5.60. The van der Waals surface area contributed by atoms with Crippen LogP contribution in [-0.2, 0) is 4.79 Å². The zero-order valence-electron chi connectivity index (χ0n) is 12.4. The van der Waals surface area contributed by atoms with Crippen LogP contribution in [0, 0.1) is 0 Å². The lowest BCUT2D eigenvalue weighted by atomic mass is 10.1. The SMILES string of the molecule is CCCN(CC(=O)Nc1ccc(Br)cn1)C1CCCNC1. The van der Waals surface area contributed by atoms with E-state index in [0.717, 1.165) is 36.9 Å². The third-order valence-corrected chi connectivity index (χ3v) is 4.11. The lowest BCUT2D eigenvalue weighted by molar-refractivity contribution is -0.118. The molecule has 1 amide bonds. The van der Waals surface area contributed by atoms with Crippen LogP contribution in [0.2, 0.25) is 0 Å². The van der Waals surface area contributed by atoms with Crippen molar-refractivity contribution in [1.82, 2.24) is 15.2 Å². The number of pyridine rings is 1. The third-order valence-electron chi connectivity index (χ3n) is 3.64. The number of nitrogens with one attached hydrogen (secondary N) is 2. The summed E-state index contributed by atoms with van der Waals surface area (Å²) in [7, 11) is 0. The van der Waals surface area contributed by atoms with E-state index in [1.807, 2.05) is 6.07 Å². The summed E-state index contributed by atoms with van der Waals surface area (Å²) < 4.78 is 0.904. The van der Waals surface area contributed by atoms with Gasteiger partial charge in [-0.15, -0.1) is 0 Å². The predicted octanol–water partition coefficient (Wildman–Crippen LogP) is 2.25. The molecule has 1 aliphatic rings. The van der Waals surface area contributed by atoms with E-state index in [4.69, 9.17) is 0 Å². The van der Waals surface area contributed by atoms with E-state index in [1.54, 1.807) is 12.3 Å². The van der Waals surface area contributed by atoms with Gasteiger partial charge in [0, 0.05) is 23.3 Å². The van der Waals surface area contributed by atoms with E-state index in [9.17, 15) is 4.79 Å². The molecular weight excluding hydrogens is 332 g/mol. The number of halogens is 1. The first-order chi connectivity index (χ1) is 10.2. The zero-order chi connectivity index (χ0) is 15.1. The lowest BCUT2D eigenvalue weighted by Gasteiger charge is -2.34. The lowest BCUT2D eigenvalue weighted by Crippen LogP contribution is -2.48. The normalized spacial score (nSPS) is 18.7. The number of nitrogens with zero attached hydrogens (tertiary/aromatic N) is 2. The average Bonchev–Trinajstić information content (AvgIpc) is 2.50. The van der Waals surface area contributed by atoms with Crippen molar-refractivity contribution in [2.75, 3.05) is 31.5 Å². The highest BCUT2D eigenvalue weighted by Crippen LogP contribution is 2.13. The van der Waals surface area contributed by atoms with Gasteiger partial charge in [0.2, 0.25) is 5.91 Å². The minimum absolute atomic E-state index is 0.00356. The van der Waals surface area contributed by atoms with Gasteiger partial charge in [0.05, 0.1) is 6.54 Å². The van der Waals surface area contributed by atoms with Gasteiger partial charge in [0.15, 0.2) is 0 Å². The summed E-state index contributed by atoms with van der Waals surface area (Å²) in [6, 6.07) is 4.13. The summed E-state index contributed by atoms with van der Waals surface area (Å²) >= 11 is 3.33. The molecule has 2 N–H and O–H groups in total. The van der Waals surface area contributed by atoms with Crippen LogP contribution in [-0.4, -0.2) is 48.0 Å². The molecule has 0 bridgehead atoms. The third kappa shape index (κ3) is 5.37. The van der Waals surface area contributed by atoms with Gasteiger partial charge in [-0.25, -0.2) is 4.98 Å². The van der Waals surface area contributed by atoms with Crippen LogP contribution in [0.5, 0.6) is 0 Å². The first-order valence-electron chi connectivity index (χ1n) is 7.55. The number of carbonyl (C=O) groups is 1. The Labute approximate surface area is 134 Å². The molecule has 0 spiro atoms. The van der Waals surface area contributed by atoms with Crippen molar-refractivity contribution < 1.29 is 4.79 Å². The van der Waals surface area contributed by atoms with Crippen LogP contribution in [0.15, 0.2) is 22.8 Å². The fourth-order valence-corrected chi connectivity index (χ4v) is 2.87. The molecule has 1 aliphatic heterocycles. The molecule has 1 aromatic heterocycles. The molecule has 116 valence electrons. The Balaban J connectivity index is 1.89. The maximum absolute atomic E-state index is 12.2. The summed E-state index contributed by atoms with van der Waals surface area (Å²) in [4.78, 5) is 18.7. The van der Waals surface area contributed by atoms with Crippen molar-refractivity contribution in [2.45, 2.75) is 32.2 Å². The van der Waals surface area contributed by atoms with Gasteiger partial charge in [0.25, 0.3) is 0 Å². The summed E-state index contributed by atoms with van der Waals surface area (Å²) in [5, 5.41) is 6.28. The molecule has 0 aliphatic carbocycles. The van der Waals surface area contributed by atoms with E-state index in [-0.39, 0.29) is 5.91 Å². The Morgan fingerprint density at radius 2 is 2.43 bits per heavy atom. The first-order valence-corrected chi connectivity index (χ1v) is 8.34. The molecule has 2 heterocycles. The molecule has 2 rings (SSSR count). The molecular formula is C15H23BrN4O. The molecule has 1 atom stereocenters. The van der Waals surface area contributed by atoms with Gasteiger partial charge < -0.3 is 10.6 Å². The Bertz CT molecular complexity index is 445. The van der Waals surface area contributed by atoms with Crippen molar-refractivity contribution in [3.8, 4) is 0 Å². The number of hydrogen-bond acceptors (Lipinski definition) is 4. The van der Waals surface area contributed by atoms with Gasteiger partial charge in [-0.05, 0) is 60.4 Å². The topological polar surface area (TPSA) is 57.3 Å². The van der Waals surface area contributed by atoms with E-state index in [1.165, 1.54) is 6.42 Å². The van der Waals surface area contributed by atoms with E-state index >= 15 is 0 Å². The van der Waals surface area contributed by atoms with Crippen LogP contribution >= 0.6 is 15.9 Å². The highest BCUT2D eigenvalue weighted by molar-refractivity contribution is 9.10. The van der Waals surface area contributed by atoms with Gasteiger partial charge in [-0.3, -0.25) is 9.69 Å². The molecule has 0 aromatic carbocycles. The smallest absolute Gasteiger partial charge is 0.239 e. The molecule has 1 unspecified atom stereocenters. The van der Waals surface area contributed by atoms with E-state index in [2.05, 4.69) is 43.4 Å². The Morgan fingerprint density at radius 3 is 3.05 bits per heavy atom. The number of carbonyl (C=O) groups excluding carboxylic acids is 1. The second kappa shape index (κ2) is 8.46. The summed E-state index contributed by atoms with van der Waals surface area (Å²) in [5.74, 6) is 0.602. The van der Waals surface area contributed by atoms with Gasteiger partial charge >= 0.3 is 0 Å². The Hall–Kier alpha value is -0.980. The van der Waals surface area contributed by atoms with Crippen molar-refractivity contribution in [1.29, 1.82) is 0 Å². The first kappa shape index (κ1) is 16.4. The summed E-state index contributed by atoms with van der Waals surface area (Å²) in [5.41, 5.74) is 0. The predicted molar refractivity (Wildman–Crippen MR) is 88.3 cm³/mol. The van der Waals surface area contributed by atoms with E-state index in [0.29, 0.717) is 18.4 Å². The molecule has 6 heteroatoms.